The van der Waals surface area contributed by atoms with Gasteiger partial charge < -0.3 is 5.73 Å². The van der Waals surface area contributed by atoms with Crippen molar-refractivity contribution in [2.75, 3.05) is 0 Å². The number of unbranched alkanes of at least 4 members (excludes halogenated alkanes) is 5. The summed E-state index contributed by atoms with van der Waals surface area (Å²) in [5.41, 5.74) is 16.0. The first-order valence-electron chi connectivity index (χ1n) is 16.6. The number of benzene rings is 3. The van der Waals surface area contributed by atoms with Crippen LogP contribution < -0.4 is 5.73 Å². The van der Waals surface area contributed by atoms with E-state index in [1.807, 2.05) is 0 Å². The molecule has 0 aromatic heterocycles. The zero-order chi connectivity index (χ0) is 31.0. The number of aliphatic imine (C=N–C) groups is 1. The fourth-order valence-corrected chi connectivity index (χ4v) is 6.89. The van der Waals surface area contributed by atoms with Crippen molar-refractivity contribution < 1.29 is 0 Å². The summed E-state index contributed by atoms with van der Waals surface area (Å²) in [6.45, 7) is 15.8. The number of hydrogen-bond acceptors (Lipinski definition) is 1. The van der Waals surface area contributed by atoms with Gasteiger partial charge in [-0.15, -0.1) is 0 Å². The van der Waals surface area contributed by atoms with Crippen LogP contribution in [0.1, 0.15) is 110 Å². The van der Waals surface area contributed by atoms with Crippen LogP contribution in [0.15, 0.2) is 102 Å². The summed E-state index contributed by atoms with van der Waals surface area (Å²) < 4.78 is 0. The van der Waals surface area contributed by atoms with Crippen molar-refractivity contribution in [3.8, 4) is 0 Å². The molecule has 1 aliphatic rings. The summed E-state index contributed by atoms with van der Waals surface area (Å²) in [4.78, 5) is 5.08. The zero-order valence-corrected chi connectivity index (χ0v) is 27.8. The molecule has 0 aliphatic heterocycles. The first-order valence-corrected chi connectivity index (χ1v) is 16.6. The Morgan fingerprint density at radius 2 is 1.14 bits per heavy atom. The van der Waals surface area contributed by atoms with Gasteiger partial charge in [0.2, 0.25) is 0 Å². The van der Waals surface area contributed by atoms with Crippen molar-refractivity contribution in [3.05, 3.63) is 113 Å². The van der Waals surface area contributed by atoms with Crippen molar-refractivity contribution in [2.45, 2.75) is 99.0 Å². The predicted molar refractivity (Wildman–Crippen MR) is 189 cm³/mol. The van der Waals surface area contributed by atoms with E-state index in [9.17, 15) is 0 Å². The van der Waals surface area contributed by atoms with Crippen molar-refractivity contribution >= 4 is 22.6 Å². The molecular formula is C41H54N2. The molecule has 1 aliphatic carbocycles. The minimum atomic E-state index is -0.311. The van der Waals surface area contributed by atoms with E-state index < -0.39 is 0 Å². The molecule has 0 amide bonds. The van der Waals surface area contributed by atoms with E-state index in [0.717, 1.165) is 12.3 Å². The molecule has 3 aromatic carbocycles. The molecular weight excluding hydrogens is 520 g/mol. The van der Waals surface area contributed by atoms with E-state index in [2.05, 4.69) is 139 Å². The van der Waals surface area contributed by atoms with Crippen LogP contribution in [0.4, 0.5) is 0 Å². The van der Waals surface area contributed by atoms with E-state index in [0.29, 0.717) is 0 Å². The lowest BCUT2D eigenvalue weighted by Gasteiger charge is -2.39. The standard InChI is InChI=1S/C41H54N2/c1-8-9-10-11-12-22-29-34(41(6,7)39(42)43-40(3,4)5)36-30(2)35(31-23-16-13-17-24-31)37(32-25-18-14-19-26-32)38(36)33-27-20-15-21-28-33/h13-21,23-28,30,34H,8-12,22,29H2,1-7H3,(H2,42,43). The third kappa shape index (κ3) is 7.77. The predicted octanol–water partition coefficient (Wildman–Crippen LogP) is 11.2. The van der Waals surface area contributed by atoms with Crippen LogP contribution in [-0.2, 0) is 0 Å². The molecule has 2 unspecified atom stereocenters. The molecule has 2 heteroatoms. The minimum Gasteiger partial charge on any atom is -0.387 e. The Balaban J connectivity index is 1.96. The molecule has 0 fully saturated rings. The quantitative estimate of drug-likeness (QED) is 0.123. The Morgan fingerprint density at radius 3 is 1.65 bits per heavy atom. The van der Waals surface area contributed by atoms with Crippen LogP contribution in [-0.4, -0.2) is 11.4 Å². The maximum Gasteiger partial charge on any atom is 0.101 e. The van der Waals surface area contributed by atoms with Crippen LogP contribution in [0.2, 0.25) is 0 Å². The molecule has 0 heterocycles. The van der Waals surface area contributed by atoms with Gasteiger partial charge in [0.05, 0.1) is 5.54 Å². The highest BCUT2D eigenvalue weighted by atomic mass is 14.9. The second kappa shape index (κ2) is 14.4. The first kappa shape index (κ1) is 32.5. The second-order valence-corrected chi connectivity index (χ2v) is 13.9. The summed E-state index contributed by atoms with van der Waals surface area (Å²) in [5, 5.41) is 0. The Kier molecular flexibility index (Phi) is 10.9. The number of amidine groups is 1. The van der Waals surface area contributed by atoms with E-state index in [-0.39, 0.29) is 22.8 Å². The molecule has 0 bridgehead atoms. The summed E-state index contributed by atoms with van der Waals surface area (Å²) in [5.74, 6) is 1.24. The zero-order valence-electron chi connectivity index (χ0n) is 27.8. The Hall–Kier alpha value is -3.39. The average Bonchev–Trinajstić information content (AvgIpc) is 3.29. The maximum absolute atomic E-state index is 7.01. The second-order valence-electron chi connectivity index (χ2n) is 13.9. The molecule has 0 spiro atoms. The van der Waals surface area contributed by atoms with E-state index in [4.69, 9.17) is 10.7 Å². The van der Waals surface area contributed by atoms with Gasteiger partial charge in [-0.2, -0.15) is 0 Å². The number of rotatable bonds is 13. The van der Waals surface area contributed by atoms with Crippen LogP contribution >= 0.6 is 0 Å². The van der Waals surface area contributed by atoms with Crippen molar-refractivity contribution in [1.82, 2.24) is 0 Å². The van der Waals surface area contributed by atoms with Gasteiger partial charge in [-0.25, -0.2) is 0 Å². The molecule has 0 saturated heterocycles. The van der Waals surface area contributed by atoms with Crippen molar-refractivity contribution in [2.24, 2.45) is 28.0 Å². The lowest BCUT2D eigenvalue weighted by molar-refractivity contribution is 0.309. The number of nitrogens with two attached hydrogens (primary N) is 1. The fourth-order valence-electron chi connectivity index (χ4n) is 6.89. The number of hydrogen-bond donors (Lipinski definition) is 1. The molecule has 43 heavy (non-hydrogen) atoms. The highest BCUT2D eigenvalue weighted by molar-refractivity contribution is 6.20. The van der Waals surface area contributed by atoms with Gasteiger partial charge in [-0.1, -0.05) is 163 Å². The van der Waals surface area contributed by atoms with Gasteiger partial charge in [0.1, 0.15) is 5.84 Å². The van der Waals surface area contributed by atoms with Gasteiger partial charge in [0.15, 0.2) is 0 Å². The molecule has 2 N–H and O–H groups in total. The van der Waals surface area contributed by atoms with Gasteiger partial charge in [0.25, 0.3) is 0 Å². The highest BCUT2D eigenvalue weighted by Gasteiger charge is 2.43. The van der Waals surface area contributed by atoms with E-state index in [1.165, 1.54) is 77.5 Å². The summed E-state index contributed by atoms with van der Waals surface area (Å²) in [6.07, 6.45) is 8.78. The molecule has 2 nitrogen and oxygen atoms in total. The molecule has 0 saturated carbocycles. The molecule has 0 radical (unpaired) electrons. The van der Waals surface area contributed by atoms with Gasteiger partial charge in [0, 0.05) is 11.3 Å². The number of allylic oxidation sites excluding steroid dienone is 4. The third-order valence-corrected chi connectivity index (χ3v) is 9.13. The molecule has 228 valence electrons. The lowest BCUT2D eigenvalue weighted by atomic mass is 9.67. The topological polar surface area (TPSA) is 38.4 Å². The molecule has 3 aromatic rings. The van der Waals surface area contributed by atoms with Gasteiger partial charge in [-0.05, 0) is 66.5 Å². The number of nitrogens with zero attached hydrogens (tertiary/aromatic N) is 1. The fraction of sp³-hybridized carbons (Fsp3) is 0.439. The van der Waals surface area contributed by atoms with Gasteiger partial charge >= 0.3 is 0 Å². The normalized spacial score (nSPS) is 17.1. The molecule has 2 atom stereocenters. The van der Waals surface area contributed by atoms with Crippen molar-refractivity contribution in [1.29, 1.82) is 0 Å². The van der Waals surface area contributed by atoms with Crippen LogP contribution in [0.25, 0.3) is 16.7 Å². The van der Waals surface area contributed by atoms with Crippen LogP contribution in [0.3, 0.4) is 0 Å². The Bertz CT molecular complexity index is 1400. The minimum absolute atomic E-state index is 0.230. The third-order valence-electron chi connectivity index (χ3n) is 9.13. The van der Waals surface area contributed by atoms with Crippen LogP contribution in [0, 0.1) is 17.3 Å². The first-order chi connectivity index (χ1) is 20.6. The largest absolute Gasteiger partial charge is 0.387 e. The molecule has 4 rings (SSSR count). The van der Waals surface area contributed by atoms with Crippen molar-refractivity contribution in [3.63, 3.8) is 0 Å². The smallest absolute Gasteiger partial charge is 0.101 e. The maximum atomic E-state index is 7.01. The summed E-state index contributed by atoms with van der Waals surface area (Å²) in [7, 11) is 0. The summed E-state index contributed by atoms with van der Waals surface area (Å²) >= 11 is 0. The Morgan fingerprint density at radius 1 is 0.674 bits per heavy atom. The summed E-state index contributed by atoms with van der Waals surface area (Å²) in [6, 6.07) is 33.1. The van der Waals surface area contributed by atoms with E-state index >= 15 is 0 Å². The highest BCUT2D eigenvalue weighted by Crippen LogP contribution is 2.56. The van der Waals surface area contributed by atoms with Crippen LogP contribution in [0.5, 0.6) is 0 Å². The van der Waals surface area contributed by atoms with Gasteiger partial charge in [-0.3, -0.25) is 4.99 Å². The SMILES string of the molecule is CCCCCCCCC(C1=C(c2ccccc2)C(c2ccccc2)=C(c2ccccc2)C1C)C(C)(C)C(N)=NC(C)(C)C. The van der Waals surface area contributed by atoms with E-state index in [1.54, 1.807) is 0 Å². The average molecular weight is 575 g/mol. The lowest BCUT2D eigenvalue weighted by Crippen LogP contribution is -2.42. The monoisotopic (exact) mass is 574 g/mol. The Labute approximate surface area is 262 Å².